The van der Waals surface area contributed by atoms with Crippen molar-refractivity contribution in [2.24, 2.45) is 16.8 Å². The highest BCUT2D eigenvalue weighted by Gasteiger charge is 2.24. The van der Waals surface area contributed by atoms with Gasteiger partial charge in [0.25, 0.3) is 17.7 Å². The Morgan fingerprint density at radius 3 is 2.42 bits per heavy atom. The standard InChI is InChI=1S/C22H25BrN4O4/c1-13(2)20(26-21(29)16-7-4-14(3)5-8-16)22(30)27-25-11-15-6-9-18(17(23)10-15)31-12-19(24)28/h4-11,13,20H,12H2,1-3H3,(H2,24,28)(H,26,29)(H,27,30)/b25-11-. The molecule has 0 bridgehead atoms. The first-order chi connectivity index (χ1) is 14.7. The van der Waals surface area contributed by atoms with Crippen LogP contribution in [0.2, 0.25) is 0 Å². The number of ether oxygens (including phenoxy) is 1. The smallest absolute Gasteiger partial charge is 0.262 e. The number of amides is 3. The van der Waals surface area contributed by atoms with Gasteiger partial charge in [-0.3, -0.25) is 14.4 Å². The van der Waals surface area contributed by atoms with E-state index in [1.165, 1.54) is 6.21 Å². The number of carbonyl (C=O) groups excluding carboxylic acids is 3. The molecule has 0 spiro atoms. The zero-order valence-electron chi connectivity index (χ0n) is 17.5. The topological polar surface area (TPSA) is 123 Å². The fourth-order valence-corrected chi connectivity index (χ4v) is 3.08. The molecule has 4 N–H and O–H groups in total. The lowest BCUT2D eigenvalue weighted by molar-refractivity contribution is -0.124. The summed E-state index contributed by atoms with van der Waals surface area (Å²) in [4.78, 5) is 35.8. The molecule has 0 aliphatic carbocycles. The molecule has 1 atom stereocenters. The van der Waals surface area contributed by atoms with Gasteiger partial charge in [-0.15, -0.1) is 0 Å². The fourth-order valence-electron chi connectivity index (χ4n) is 2.57. The fraction of sp³-hybridized carbons (Fsp3) is 0.273. The normalized spacial score (nSPS) is 11.9. The number of aryl methyl sites for hydroxylation is 1. The quantitative estimate of drug-likeness (QED) is 0.370. The van der Waals surface area contributed by atoms with Crippen molar-refractivity contribution in [3.63, 3.8) is 0 Å². The molecule has 31 heavy (non-hydrogen) atoms. The van der Waals surface area contributed by atoms with Crippen LogP contribution in [0.25, 0.3) is 0 Å². The van der Waals surface area contributed by atoms with Crippen LogP contribution in [0.15, 0.2) is 52.0 Å². The SMILES string of the molecule is Cc1ccc(C(=O)NC(C(=O)N/N=C\c2ccc(OCC(N)=O)c(Br)c2)C(C)C)cc1. The molecule has 0 fully saturated rings. The number of nitrogens with zero attached hydrogens (tertiary/aromatic N) is 1. The Morgan fingerprint density at radius 1 is 1.16 bits per heavy atom. The zero-order chi connectivity index (χ0) is 23.0. The van der Waals surface area contributed by atoms with Crippen molar-refractivity contribution < 1.29 is 19.1 Å². The van der Waals surface area contributed by atoms with E-state index in [-0.39, 0.29) is 18.4 Å². The molecule has 2 aromatic rings. The minimum atomic E-state index is -0.748. The van der Waals surface area contributed by atoms with Crippen molar-refractivity contribution in [1.29, 1.82) is 0 Å². The Morgan fingerprint density at radius 2 is 1.84 bits per heavy atom. The molecule has 0 aliphatic heterocycles. The lowest BCUT2D eigenvalue weighted by Gasteiger charge is -2.20. The number of hydrogen-bond donors (Lipinski definition) is 3. The van der Waals surface area contributed by atoms with Crippen LogP contribution in [-0.2, 0) is 9.59 Å². The van der Waals surface area contributed by atoms with Crippen molar-refractivity contribution in [2.75, 3.05) is 6.61 Å². The van der Waals surface area contributed by atoms with Crippen molar-refractivity contribution in [1.82, 2.24) is 10.7 Å². The van der Waals surface area contributed by atoms with Gasteiger partial charge in [-0.2, -0.15) is 5.10 Å². The van der Waals surface area contributed by atoms with Crippen LogP contribution in [0.4, 0.5) is 0 Å². The summed E-state index contributed by atoms with van der Waals surface area (Å²) in [6.45, 7) is 5.38. The van der Waals surface area contributed by atoms with Crippen molar-refractivity contribution in [3.8, 4) is 5.75 Å². The third-order valence-corrected chi connectivity index (χ3v) is 4.88. The van der Waals surface area contributed by atoms with Gasteiger partial charge in [0.2, 0.25) is 0 Å². The highest BCUT2D eigenvalue weighted by atomic mass is 79.9. The Hall–Kier alpha value is -3.20. The maximum atomic E-state index is 12.6. The first-order valence-corrected chi connectivity index (χ1v) is 10.4. The number of nitrogens with one attached hydrogen (secondary N) is 2. The van der Waals surface area contributed by atoms with Crippen LogP contribution in [0.3, 0.4) is 0 Å². The summed E-state index contributed by atoms with van der Waals surface area (Å²) in [5.74, 6) is -1.01. The van der Waals surface area contributed by atoms with Crippen LogP contribution in [0.1, 0.15) is 35.3 Å². The van der Waals surface area contributed by atoms with Gasteiger partial charge >= 0.3 is 0 Å². The number of nitrogens with two attached hydrogens (primary N) is 1. The molecule has 0 heterocycles. The predicted molar refractivity (Wildman–Crippen MR) is 122 cm³/mol. The number of benzene rings is 2. The summed E-state index contributed by atoms with van der Waals surface area (Å²) < 4.78 is 5.86. The third-order valence-electron chi connectivity index (χ3n) is 4.26. The Kier molecular flexibility index (Phi) is 8.75. The summed E-state index contributed by atoms with van der Waals surface area (Å²) >= 11 is 3.34. The molecule has 2 rings (SSSR count). The Bertz CT molecular complexity index is 974. The average Bonchev–Trinajstić information content (AvgIpc) is 2.71. The Balaban J connectivity index is 1.98. The number of hydrogen-bond acceptors (Lipinski definition) is 5. The summed E-state index contributed by atoms with van der Waals surface area (Å²) in [6.07, 6.45) is 1.46. The average molecular weight is 489 g/mol. The van der Waals surface area contributed by atoms with Gasteiger partial charge in [-0.05, 0) is 64.7 Å². The van der Waals surface area contributed by atoms with E-state index in [1.807, 2.05) is 32.9 Å². The summed E-state index contributed by atoms with van der Waals surface area (Å²) in [7, 11) is 0. The molecule has 164 valence electrons. The first kappa shape index (κ1) is 24.1. The highest BCUT2D eigenvalue weighted by Crippen LogP contribution is 2.25. The van der Waals surface area contributed by atoms with Crippen LogP contribution in [0, 0.1) is 12.8 Å². The molecule has 9 heteroatoms. The lowest BCUT2D eigenvalue weighted by Crippen LogP contribution is -2.48. The number of rotatable bonds is 9. The number of halogens is 1. The molecule has 0 aromatic heterocycles. The second-order valence-electron chi connectivity index (χ2n) is 7.24. The number of carbonyl (C=O) groups is 3. The minimum Gasteiger partial charge on any atom is -0.483 e. The predicted octanol–water partition coefficient (Wildman–Crippen LogP) is 2.53. The van der Waals surface area contributed by atoms with Crippen LogP contribution in [-0.4, -0.2) is 36.6 Å². The van der Waals surface area contributed by atoms with E-state index in [0.29, 0.717) is 21.3 Å². The van der Waals surface area contributed by atoms with Crippen molar-refractivity contribution >= 4 is 39.9 Å². The molecule has 0 radical (unpaired) electrons. The van der Waals surface area contributed by atoms with Gasteiger partial charge in [-0.1, -0.05) is 31.5 Å². The largest absolute Gasteiger partial charge is 0.483 e. The summed E-state index contributed by atoms with van der Waals surface area (Å²) in [5, 5.41) is 6.72. The molecule has 3 amide bonds. The van der Waals surface area contributed by atoms with Gasteiger partial charge in [0.1, 0.15) is 11.8 Å². The number of hydrazone groups is 1. The van der Waals surface area contributed by atoms with Crippen LogP contribution >= 0.6 is 15.9 Å². The van der Waals surface area contributed by atoms with Gasteiger partial charge in [0.05, 0.1) is 10.7 Å². The lowest BCUT2D eigenvalue weighted by atomic mass is 10.0. The molecule has 8 nitrogen and oxygen atoms in total. The second-order valence-corrected chi connectivity index (χ2v) is 8.09. The van der Waals surface area contributed by atoms with E-state index >= 15 is 0 Å². The summed E-state index contributed by atoms with van der Waals surface area (Å²) in [5.41, 5.74) is 9.73. The van der Waals surface area contributed by atoms with Gasteiger partial charge in [0.15, 0.2) is 6.61 Å². The zero-order valence-corrected chi connectivity index (χ0v) is 19.1. The van der Waals surface area contributed by atoms with Crippen LogP contribution in [0.5, 0.6) is 5.75 Å². The van der Waals surface area contributed by atoms with E-state index in [2.05, 4.69) is 31.8 Å². The minimum absolute atomic E-state index is 0.138. The van der Waals surface area contributed by atoms with E-state index in [4.69, 9.17) is 10.5 Å². The molecule has 2 aromatic carbocycles. The van der Waals surface area contributed by atoms with E-state index < -0.39 is 17.9 Å². The second kappa shape index (κ2) is 11.3. The molecule has 0 aliphatic rings. The van der Waals surface area contributed by atoms with Gasteiger partial charge < -0.3 is 15.8 Å². The first-order valence-electron chi connectivity index (χ1n) is 9.58. The molecular formula is C22H25BrN4O4. The van der Waals surface area contributed by atoms with Gasteiger partial charge in [0, 0.05) is 5.56 Å². The van der Waals surface area contributed by atoms with E-state index in [0.717, 1.165) is 5.56 Å². The monoisotopic (exact) mass is 488 g/mol. The highest BCUT2D eigenvalue weighted by molar-refractivity contribution is 9.10. The van der Waals surface area contributed by atoms with E-state index in [9.17, 15) is 14.4 Å². The number of primary amides is 1. The molecular weight excluding hydrogens is 464 g/mol. The third kappa shape index (κ3) is 7.53. The molecule has 0 saturated carbocycles. The van der Waals surface area contributed by atoms with Crippen molar-refractivity contribution in [3.05, 3.63) is 63.6 Å². The van der Waals surface area contributed by atoms with Gasteiger partial charge in [-0.25, -0.2) is 5.43 Å². The summed E-state index contributed by atoms with van der Waals surface area (Å²) in [6, 6.07) is 11.4. The maximum Gasteiger partial charge on any atom is 0.262 e. The van der Waals surface area contributed by atoms with Crippen molar-refractivity contribution in [2.45, 2.75) is 26.8 Å². The molecule has 0 saturated heterocycles. The maximum absolute atomic E-state index is 12.6. The molecule has 1 unspecified atom stereocenters. The van der Waals surface area contributed by atoms with E-state index in [1.54, 1.807) is 30.3 Å². The van der Waals surface area contributed by atoms with Crippen LogP contribution < -0.4 is 21.2 Å². The Labute approximate surface area is 189 Å².